The molecule has 0 unspecified atom stereocenters. The van der Waals surface area contributed by atoms with Crippen molar-refractivity contribution in [2.75, 3.05) is 0 Å². The third-order valence-corrected chi connectivity index (χ3v) is 3.25. The SMILES string of the molecule is CC(C)NCc1cn[nH]c1-c1ccccc1Br. The number of hydrogen-bond donors (Lipinski definition) is 2. The molecule has 0 saturated heterocycles. The molecule has 0 aliphatic carbocycles. The van der Waals surface area contributed by atoms with Crippen molar-refractivity contribution in [2.45, 2.75) is 26.4 Å². The molecule has 0 bridgehead atoms. The topological polar surface area (TPSA) is 40.7 Å². The van der Waals surface area contributed by atoms with E-state index in [1.165, 1.54) is 5.56 Å². The van der Waals surface area contributed by atoms with Gasteiger partial charge < -0.3 is 5.32 Å². The highest BCUT2D eigenvalue weighted by atomic mass is 79.9. The molecule has 17 heavy (non-hydrogen) atoms. The first-order valence-electron chi connectivity index (χ1n) is 5.69. The lowest BCUT2D eigenvalue weighted by Gasteiger charge is -2.09. The lowest BCUT2D eigenvalue weighted by Crippen LogP contribution is -2.21. The van der Waals surface area contributed by atoms with Crippen molar-refractivity contribution in [3.63, 3.8) is 0 Å². The van der Waals surface area contributed by atoms with E-state index in [9.17, 15) is 0 Å². The molecule has 0 atom stereocenters. The Bertz CT molecular complexity index is 491. The Kier molecular flexibility index (Phi) is 3.97. The van der Waals surface area contributed by atoms with Crippen LogP contribution in [-0.4, -0.2) is 16.2 Å². The Labute approximate surface area is 110 Å². The Morgan fingerprint density at radius 2 is 2.12 bits per heavy atom. The van der Waals surface area contributed by atoms with E-state index < -0.39 is 0 Å². The highest BCUT2D eigenvalue weighted by molar-refractivity contribution is 9.10. The minimum atomic E-state index is 0.469. The molecular weight excluding hydrogens is 278 g/mol. The maximum atomic E-state index is 4.13. The number of hydrogen-bond acceptors (Lipinski definition) is 2. The van der Waals surface area contributed by atoms with Crippen LogP contribution in [0, 0.1) is 0 Å². The second kappa shape index (κ2) is 5.47. The van der Waals surface area contributed by atoms with E-state index in [0.29, 0.717) is 6.04 Å². The van der Waals surface area contributed by atoms with Crippen molar-refractivity contribution in [3.05, 3.63) is 40.5 Å². The first kappa shape index (κ1) is 12.3. The van der Waals surface area contributed by atoms with Crippen LogP contribution in [-0.2, 0) is 6.54 Å². The fourth-order valence-electron chi connectivity index (χ4n) is 1.66. The molecule has 0 aliphatic rings. The molecule has 90 valence electrons. The minimum absolute atomic E-state index is 0.469. The van der Waals surface area contributed by atoms with E-state index in [1.807, 2.05) is 24.4 Å². The van der Waals surface area contributed by atoms with E-state index in [0.717, 1.165) is 22.3 Å². The van der Waals surface area contributed by atoms with E-state index in [-0.39, 0.29) is 0 Å². The number of rotatable bonds is 4. The minimum Gasteiger partial charge on any atom is -0.310 e. The van der Waals surface area contributed by atoms with E-state index in [1.54, 1.807) is 0 Å². The van der Waals surface area contributed by atoms with Gasteiger partial charge in [0.25, 0.3) is 0 Å². The van der Waals surface area contributed by atoms with Crippen molar-refractivity contribution >= 4 is 15.9 Å². The molecular formula is C13H16BrN3. The lowest BCUT2D eigenvalue weighted by molar-refractivity contribution is 0.589. The Morgan fingerprint density at radius 1 is 1.35 bits per heavy atom. The van der Waals surface area contributed by atoms with Crippen LogP contribution < -0.4 is 5.32 Å². The quantitative estimate of drug-likeness (QED) is 0.908. The molecule has 0 radical (unpaired) electrons. The number of aromatic amines is 1. The van der Waals surface area contributed by atoms with Gasteiger partial charge in [0.2, 0.25) is 0 Å². The second-order valence-corrected chi connectivity index (χ2v) is 5.14. The molecule has 1 aromatic heterocycles. The smallest absolute Gasteiger partial charge is 0.0706 e. The van der Waals surface area contributed by atoms with Crippen molar-refractivity contribution < 1.29 is 0 Å². The molecule has 0 amide bonds. The summed E-state index contributed by atoms with van der Waals surface area (Å²) in [6.07, 6.45) is 1.88. The molecule has 2 N–H and O–H groups in total. The summed E-state index contributed by atoms with van der Waals surface area (Å²) in [5, 5.41) is 10.6. The van der Waals surface area contributed by atoms with Gasteiger partial charge in [0.05, 0.1) is 11.9 Å². The summed E-state index contributed by atoms with van der Waals surface area (Å²) in [5.74, 6) is 0. The number of benzene rings is 1. The molecule has 0 fully saturated rings. The monoisotopic (exact) mass is 293 g/mol. The summed E-state index contributed by atoms with van der Waals surface area (Å²) >= 11 is 3.56. The number of nitrogens with zero attached hydrogens (tertiary/aromatic N) is 1. The molecule has 2 rings (SSSR count). The Balaban J connectivity index is 2.28. The zero-order valence-corrected chi connectivity index (χ0v) is 11.6. The van der Waals surface area contributed by atoms with Crippen LogP contribution in [0.15, 0.2) is 34.9 Å². The Hall–Kier alpha value is -1.13. The normalized spacial score (nSPS) is 11.1. The first-order valence-corrected chi connectivity index (χ1v) is 6.48. The van der Waals surface area contributed by atoms with E-state index in [2.05, 4.69) is 51.4 Å². The summed E-state index contributed by atoms with van der Waals surface area (Å²) in [4.78, 5) is 0. The fourth-order valence-corrected chi connectivity index (χ4v) is 2.14. The summed E-state index contributed by atoms with van der Waals surface area (Å²) in [6, 6.07) is 8.63. The van der Waals surface area contributed by atoms with Crippen LogP contribution in [0.4, 0.5) is 0 Å². The van der Waals surface area contributed by atoms with E-state index in [4.69, 9.17) is 0 Å². The zero-order chi connectivity index (χ0) is 12.3. The number of halogens is 1. The van der Waals surface area contributed by atoms with Crippen molar-refractivity contribution in [2.24, 2.45) is 0 Å². The van der Waals surface area contributed by atoms with Gasteiger partial charge in [-0.3, -0.25) is 5.10 Å². The van der Waals surface area contributed by atoms with Crippen LogP contribution in [0.3, 0.4) is 0 Å². The van der Waals surface area contributed by atoms with Gasteiger partial charge in [-0.1, -0.05) is 48.0 Å². The van der Waals surface area contributed by atoms with Crippen LogP contribution in [0.5, 0.6) is 0 Å². The van der Waals surface area contributed by atoms with Gasteiger partial charge in [-0.15, -0.1) is 0 Å². The summed E-state index contributed by atoms with van der Waals surface area (Å²) in [5.41, 5.74) is 3.40. The van der Waals surface area contributed by atoms with Crippen molar-refractivity contribution in [3.8, 4) is 11.3 Å². The second-order valence-electron chi connectivity index (χ2n) is 4.29. The van der Waals surface area contributed by atoms with Gasteiger partial charge >= 0.3 is 0 Å². The predicted octanol–water partition coefficient (Wildman–Crippen LogP) is 3.34. The van der Waals surface area contributed by atoms with Gasteiger partial charge in [0.15, 0.2) is 0 Å². The summed E-state index contributed by atoms with van der Waals surface area (Å²) in [7, 11) is 0. The number of aromatic nitrogens is 2. The average molecular weight is 294 g/mol. The fraction of sp³-hybridized carbons (Fsp3) is 0.308. The first-order chi connectivity index (χ1) is 8.18. The molecule has 0 aliphatic heterocycles. The molecule has 0 saturated carbocycles. The molecule has 4 heteroatoms. The standard InChI is InChI=1S/C13H16BrN3/c1-9(2)15-7-10-8-16-17-13(10)11-5-3-4-6-12(11)14/h3-6,8-9,15H,7H2,1-2H3,(H,16,17). The Morgan fingerprint density at radius 3 is 2.82 bits per heavy atom. The summed E-state index contributed by atoms with van der Waals surface area (Å²) < 4.78 is 1.08. The molecule has 1 aromatic carbocycles. The van der Waals surface area contributed by atoms with Crippen molar-refractivity contribution in [1.29, 1.82) is 0 Å². The average Bonchev–Trinajstić information content (AvgIpc) is 2.75. The number of H-pyrrole nitrogens is 1. The third-order valence-electron chi connectivity index (χ3n) is 2.56. The maximum absolute atomic E-state index is 4.13. The maximum Gasteiger partial charge on any atom is 0.0706 e. The third kappa shape index (κ3) is 2.96. The van der Waals surface area contributed by atoms with Gasteiger partial charge in [0, 0.05) is 28.2 Å². The van der Waals surface area contributed by atoms with Crippen LogP contribution in [0.25, 0.3) is 11.3 Å². The van der Waals surface area contributed by atoms with Gasteiger partial charge in [-0.25, -0.2) is 0 Å². The molecule has 0 spiro atoms. The predicted molar refractivity (Wildman–Crippen MR) is 73.7 cm³/mol. The highest BCUT2D eigenvalue weighted by Gasteiger charge is 2.10. The van der Waals surface area contributed by atoms with Crippen LogP contribution >= 0.6 is 15.9 Å². The largest absolute Gasteiger partial charge is 0.310 e. The van der Waals surface area contributed by atoms with Gasteiger partial charge in [-0.05, 0) is 6.07 Å². The van der Waals surface area contributed by atoms with E-state index >= 15 is 0 Å². The molecule has 1 heterocycles. The van der Waals surface area contributed by atoms with Gasteiger partial charge in [0.1, 0.15) is 0 Å². The molecule has 3 nitrogen and oxygen atoms in total. The van der Waals surface area contributed by atoms with Crippen LogP contribution in [0.2, 0.25) is 0 Å². The summed E-state index contributed by atoms with van der Waals surface area (Å²) in [6.45, 7) is 5.10. The highest BCUT2D eigenvalue weighted by Crippen LogP contribution is 2.28. The number of nitrogens with one attached hydrogen (secondary N) is 2. The lowest BCUT2D eigenvalue weighted by atomic mass is 10.1. The zero-order valence-electron chi connectivity index (χ0n) is 10.00. The van der Waals surface area contributed by atoms with Crippen LogP contribution in [0.1, 0.15) is 19.4 Å². The molecule has 2 aromatic rings. The van der Waals surface area contributed by atoms with Crippen molar-refractivity contribution in [1.82, 2.24) is 15.5 Å². The van der Waals surface area contributed by atoms with Gasteiger partial charge in [-0.2, -0.15) is 5.10 Å².